The van der Waals surface area contributed by atoms with E-state index in [1.165, 1.54) is 6.33 Å². The molecule has 0 bridgehead atoms. The molecule has 0 aromatic carbocycles. The Morgan fingerprint density at radius 3 is 2.09 bits per heavy atom. The lowest BCUT2D eigenvalue weighted by molar-refractivity contribution is -0.0301. The first-order valence-electron chi connectivity index (χ1n) is 15.0. The number of nitrogens with one attached hydrogen (secondary N) is 4. The van der Waals surface area contributed by atoms with E-state index in [1.54, 1.807) is 13.4 Å². The quantitative estimate of drug-likeness (QED) is 0.267. The van der Waals surface area contributed by atoms with Gasteiger partial charge in [-0.2, -0.15) is 0 Å². The van der Waals surface area contributed by atoms with Crippen molar-refractivity contribution in [3.05, 3.63) is 12.7 Å². The van der Waals surface area contributed by atoms with Crippen LogP contribution in [0, 0.1) is 0 Å². The maximum atomic E-state index is 12.4. The van der Waals surface area contributed by atoms with Crippen molar-refractivity contribution < 1.29 is 23.2 Å². The Morgan fingerprint density at radius 1 is 0.930 bits per heavy atom. The zero-order valence-electron chi connectivity index (χ0n) is 27.9. The minimum atomic E-state index is -2.36. The number of carbonyl (C=O) groups is 2. The number of urea groups is 2. The summed E-state index contributed by atoms with van der Waals surface area (Å²) in [5.41, 5.74) is 0.915. The molecule has 3 rings (SSSR count). The highest BCUT2D eigenvalue weighted by molar-refractivity contribution is 6.74. The van der Waals surface area contributed by atoms with Crippen LogP contribution in [0.4, 0.5) is 15.4 Å². The molecule has 1 saturated heterocycles. The molecule has 1 fully saturated rings. The first-order valence-corrected chi connectivity index (χ1v) is 20.8. The van der Waals surface area contributed by atoms with Crippen LogP contribution in [0.3, 0.4) is 0 Å². The number of hydrogen-bond acceptors (Lipinski definition) is 8. The molecule has 4 N–H and O–H groups in total. The van der Waals surface area contributed by atoms with E-state index in [9.17, 15) is 9.59 Å². The lowest BCUT2D eigenvalue weighted by Crippen LogP contribution is -2.54. The molecule has 2 aromatic rings. The normalized spacial score (nSPS) is 21.6. The van der Waals surface area contributed by atoms with E-state index in [0.717, 1.165) is 6.42 Å². The van der Waals surface area contributed by atoms with Crippen LogP contribution in [0.1, 0.15) is 61.1 Å². The van der Waals surface area contributed by atoms with Crippen LogP contribution in [0.5, 0.6) is 0 Å². The predicted molar refractivity (Wildman–Crippen MR) is 173 cm³/mol. The van der Waals surface area contributed by atoms with Crippen molar-refractivity contribution in [1.82, 2.24) is 35.5 Å². The van der Waals surface area contributed by atoms with E-state index in [4.69, 9.17) is 13.6 Å². The zero-order valence-corrected chi connectivity index (χ0v) is 29.9. The van der Waals surface area contributed by atoms with Gasteiger partial charge < -0.3 is 29.5 Å². The molecule has 0 unspecified atom stereocenters. The maximum absolute atomic E-state index is 12.4. The van der Waals surface area contributed by atoms with Gasteiger partial charge in [0.15, 0.2) is 39.8 Å². The van der Waals surface area contributed by atoms with Gasteiger partial charge in [-0.05, 0) is 42.7 Å². The topological polar surface area (TPSA) is 154 Å². The van der Waals surface area contributed by atoms with Crippen LogP contribution in [-0.2, 0) is 13.6 Å². The van der Waals surface area contributed by atoms with E-state index in [2.05, 4.69) is 104 Å². The monoisotopic (exact) mass is 636 g/mol. The Bertz CT molecular complexity index is 1270. The number of amides is 4. The molecule has 1 aliphatic rings. The molecule has 4 amide bonds. The average molecular weight is 637 g/mol. The summed E-state index contributed by atoms with van der Waals surface area (Å²) in [6.07, 6.45) is 1.66. The number of carbonyl (C=O) groups excluding carboxylic acids is 2. The molecule has 0 saturated carbocycles. The molecule has 1 aliphatic heterocycles. The van der Waals surface area contributed by atoms with Crippen LogP contribution >= 0.6 is 0 Å². The van der Waals surface area contributed by atoms with Gasteiger partial charge in [0.2, 0.25) is 0 Å². The Kier molecular flexibility index (Phi) is 10.7. The number of nitrogens with zero attached hydrogens (tertiary/aromatic N) is 4. The Labute approximate surface area is 257 Å². The van der Waals surface area contributed by atoms with Gasteiger partial charge in [0.1, 0.15) is 24.6 Å². The maximum Gasteiger partial charge on any atom is 0.320 e. The highest BCUT2D eigenvalue weighted by Gasteiger charge is 2.54. The second-order valence-corrected chi connectivity index (χ2v) is 23.7. The zero-order chi connectivity index (χ0) is 32.4. The van der Waals surface area contributed by atoms with E-state index >= 15 is 0 Å². The third-order valence-corrected chi connectivity index (χ3v) is 17.8. The number of hydrogen-bond donors (Lipinski definition) is 4. The van der Waals surface area contributed by atoms with Crippen LogP contribution in [0.15, 0.2) is 12.7 Å². The Balaban J connectivity index is 2.12. The van der Waals surface area contributed by atoms with Crippen LogP contribution in [0.2, 0.25) is 36.3 Å². The fourth-order valence-electron chi connectivity index (χ4n) is 4.20. The summed E-state index contributed by atoms with van der Waals surface area (Å²) in [5.74, 6) is 0.295. The summed E-state index contributed by atoms with van der Waals surface area (Å²) in [4.78, 5) is 38.0. The lowest BCUT2D eigenvalue weighted by Gasteiger charge is -2.44. The number of imidazole rings is 1. The number of rotatable bonds is 10. The smallest absolute Gasteiger partial charge is 0.320 e. The van der Waals surface area contributed by atoms with E-state index in [0.29, 0.717) is 23.5 Å². The molecule has 0 radical (unpaired) electrons. The van der Waals surface area contributed by atoms with Crippen molar-refractivity contribution in [2.75, 3.05) is 25.5 Å². The highest BCUT2D eigenvalue weighted by atomic mass is 28.4. The first-order chi connectivity index (χ1) is 19.8. The first kappa shape index (κ1) is 34.9. The summed E-state index contributed by atoms with van der Waals surface area (Å²) in [5, 5.41) is 10.9. The Hall–Kier alpha value is -2.60. The van der Waals surface area contributed by atoms with Crippen LogP contribution in [-0.4, -0.2) is 86.7 Å². The lowest BCUT2D eigenvalue weighted by atomic mass is 10.1. The van der Waals surface area contributed by atoms with Crippen molar-refractivity contribution in [2.45, 2.75) is 116 Å². The van der Waals surface area contributed by atoms with Gasteiger partial charge in [-0.1, -0.05) is 48.5 Å². The van der Waals surface area contributed by atoms with E-state index < -0.39 is 41.2 Å². The standard InChI is InChI=1S/C28H52N8O5Si2/c1-13-14-30-26(38)35-22-19-23(33-16-32-22)36(17-34-19)24-21(41-43(11,12)28(5,6)7)20(40-42(9,10)27(2,3)4)18(39-24)15-31-25(37)29-8/h16-18,20-21,24H,13-15H2,1-12H3,(H2,29,31,37)(H2,30,32,33,35,38)/t18-,20-,21-,24-/m1/s1. The van der Waals surface area contributed by atoms with Crippen molar-refractivity contribution in [3.63, 3.8) is 0 Å². The number of anilines is 1. The van der Waals surface area contributed by atoms with Crippen LogP contribution < -0.4 is 21.3 Å². The van der Waals surface area contributed by atoms with Crippen molar-refractivity contribution in [2.24, 2.45) is 0 Å². The molecule has 13 nitrogen and oxygen atoms in total. The van der Waals surface area contributed by atoms with Gasteiger partial charge in [-0.15, -0.1) is 0 Å². The minimum Gasteiger partial charge on any atom is -0.408 e. The van der Waals surface area contributed by atoms with Gasteiger partial charge in [0.25, 0.3) is 0 Å². The summed E-state index contributed by atoms with van der Waals surface area (Å²) >= 11 is 0. The summed E-state index contributed by atoms with van der Waals surface area (Å²) in [6, 6.07) is -0.672. The summed E-state index contributed by atoms with van der Waals surface area (Å²) in [6.45, 7) is 24.7. The molecular weight excluding hydrogens is 585 g/mol. The van der Waals surface area contributed by atoms with Gasteiger partial charge in [0, 0.05) is 20.1 Å². The van der Waals surface area contributed by atoms with Crippen molar-refractivity contribution >= 4 is 45.7 Å². The van der Waals surface area contributed by atoms with Gasteiger partial charge in [0.05, 0.1) is 6.33 Å². The fraction of sp³-hybridized carbons (Fsp3) is 0.750. The summed E-state index contributed by atoms with van der Waals surface area (Å²) in [7, 11) is -3.11. The van der Waals surface area contributed by atoms with E-state index in [-0.39, 0.29) is 28.7 Å². The highest BCUT2D eigenvalue weighted by Crippen LogP contribution is 2.46. The van der Waals surface area contributed by atoms with Gasteiger partial charge in [-0.25, -0.2) is 24.5 Å². The minimum absolute atomic E-state index is 0.0702. The van der Waals surface area contributed by atoms with Gasteiger partial charge in [-0.3, -0.25) is 9.88 Å². The van der Waals surface area contributed by atoms with Crippen molar-refractivity contribution in [3.8, 4) is 0 Å². The van der Waals surface area contributed by atoms with Crippen molar-refractivity contribution in [1.29, 1.82) is 0 Å². The second-order valence-electron chi connectivity index (χ2n) is 14.1. The molecule has 242 valence electrons. The number of fused-ring (bicyclic) bond motifs is 1. The number of ether oxygens (including phenoxy) is 1. The summed E-state index contributed by atoms with van der Waals surface area (Å²) < 4.78 is 22.8. The fourth-order valence-corrected chi connectivity index (χ4v) is 6.80. The predicted octanol–water partition coefficient (Wildman–Crippen LogP) is 4.97. The van der Waals surface area contributed by atoms with Gasteiger partial charge >= 0.3 is 12.1 Å². The molecule has 0 spiro atoms. The molecule has 2 aromatic heterocycles. The molecule has 4 atom stereocenters. The molecule has 15 heteroatoms. The largest absolute Gasteiger partial charge is 0.408 e. The molecular formula is C28H52N8O5Si2. The Morgan fingerprint density at radius 2 is 1.53 bits per heavy atom. The van der Waals surface area contributed by atoms with E-state index in [1.807, 2.05) is 11.5 Å². The third-order valence-electron chi connectivity index (χ3n) is 8.85. The SMILES string of the molecule is CCCNC(=O)Nc1ncnc2c1ncn2[C@@H]1O[C@H](CNC(=O)NC)[C@@H](O[Si](C)(C)C(C)(C)C)[C@H]1O[Si](C)(C)C(C)(C)C. The molecule has 0 aliphatic carbocycles. The molecule has 43 heavy (non-hydrogen) atoms. The second kappa shape index (κ2) is 13.2. The average Bonchev–Trinajstić information content (AvgIpc) is 3.46. The van der Waals surface area contributed by atoms with Crippen LogP contribution in [0.25, 0.3) is 11.2 Å². The number of aromatic nitrogens is 4. The third kappa shape index (κ3) is 7.92. The molecule has 3 heterocycles.